The topological polar surface area (TPSA) is 49.8 Å². The number of benzene rings is 1. The second-order valence-electron chi connectivity index (χ2n) is 3.48. The lowest BCUT2D eigenvalue weighted by atomic mass is 10.0. The van der Waals surface area contributed by atoms with Crippen LogP contribution in [0.25, 0.3) is 5.70 Å². The summed E-state index contributed by atoms with van der Waals surface area (Å²) in [5.41, 5.74) is 8.20. The molecule has 0 fully saturated rings. The van der Waals surface area contributed by atoms with Gasteiger partial charge in [-0.25, -0.2) is 0 Å². The van der Waals surface area contributed by atoms with Crippen molar-refractivity contribution < 1.29 is 0 Å². The highest BCUT2D eigenvalue weighted by Gasteiger charge is 2.04. The van der Waals surface area contributed by atoms with Crippen molar-refractivity contribution in [2.45, 2.75) is 24.7 Å². The van der Waals surface area contributed by atoms with Gasteiger partial charge in [-0.15, -0.1) is 11.8 Å². The Bertz CT molecular complexity index is 413. The number of rotatable bonds is 4. The average molecular weight is 232 g/mol. The van der Waals surface area contributed by atoms with Crippen LogP contribution >= 0.6 is 11.8 Å². The molecule has 0 aliphatic rings. The van der Waals surface area contributed by atoms with E-state index in [-0.39, 0.29) is 0 Å². The van der Waals surface area contributed by atoms with E-state index in [1.165, 1.54) is 4.90 Å². The standard InChI is InChI=1S/C13H16N2S/c1-3-4-11(9-14)13(15)10-5-7-12(16-2)8-6-10/h5-8H,3-4,15H2,1-2H3/b13-11-. The molecule has 3 heteroatoms. The molecule has 0 bridgehead atoms. The summed E-state index contributed by atoms with van der Waals surface area (Å²) in [7, 11) is 0. The minimum atomic E-state index is 0.608. The number of nitriles is 1. The van der Waals surface area contributed by atoms with Gasteiger partial charge in [0.15, 0.2) is 0 Å². The molecule has 0 spiro atoms. The van der Waals surface area contributed by atoms with Crippen LogP contribution < -0.4 is 5.73 Å². The molecular formula is C13H16N2S. The Hall–Kier alpha value is -1.40. The van der Waals surface area contributed by atoms with Gasteiger partial charge in [0, 0.05) is 4.90 Å². The summed E-state index contributed by atoms with van der Waals surface area (Å²) in [6, 6.07) is 10.2. The highest BCUT2D eigenvalue weighted by atomic mass is 32.2. The van der Waals surface area contributed by atoms with Gasteiger partial charge in [-0.3, -0.25) is 0 Å². The first-order chi connectivity index (χ1) is 7.72. The third-order valence-corrected chi connectivity index (χ3v) is 3.10. The molecule has 0 saturated heterocycles. The van der Waals surface area contributed by atoms with Crippen LogP contribution in [0.3, 0.4) is 0 Å². The fraction of sp³-hybridized carbons (Fsp3) is 0.308. The number of nitrogens with two attached hydrogens (primary N) is 1. The Balaban J connectivity index is 3.03. The molecule has 2 nitrogen and oxygen atoms in total. The van der Waals surface area contributed by atoms with Crippen LogP contribution in [0.5, 0.6) is 0 Å². The molecule has 2 N–H and O–H groups in total. The summed E-state index contributed by atoms with van der Waals surface area (Å²) in [6.45, 7) is 2.04. The van der Waals surface area contributed by atoms with E-state index in [1.807, 2.05) is 37.4 Å². The van der Waals surface area contributed by atoms with Crippen molar-refractivity contribution in [1.82, 2.24) is 0 Å². The summed E-state index contributed by atoms with van der Waals surface area (Å²) >= 11 is 1.69. The summed E-state index contributed by atoms with van der Waals surface area (Å²) in [4.78, 5) is 1.20. The van der Waals surface area contributed by atoms with Gasteiger partial charge in [-0.1, -0.05) is 25.5 Å². The molecule has 0 amide bonds. The fourth-order valence-electron chi connectivity index (χ4n) is 1.45. The van der Waals surface area contributed by atoms with Crippen molar-refractivity contribution >= 4 is 17.5 Å². The van der Waals surface area contributed by atoms with E-state index in [9.17, 15) is 0 Å². The molecule has 1 aromatic carbocycles. The van der Waals surface area contributed by atoms with Gasteiger partial charge >= 0.3 is 0 Å². The monoisotopic (exact) mass is 232 g/mol. The zero-order valence-corrected chi connectivity index (χ0v) is 10.5. The summed E-state index contributed by atoms with van der Waals surface area (Å²) < 4.78 is 0. The van der Waals surface area contributed by atoms with Crippen molar-refractivity contribution in [3.63, 3.8) is 0 Å². The molecule has 16 heavy (non-hydrogen) atoms. The van der Waals surface area contributed by atoms with Crippen LogP contribution in [0.2, 0.25) is 0 Å². The lowest BCUT2D eigenvalue weighted by Crippen LogP contribution is -2.00. The number of hydrogen-bond donors (Lipinski definition) is 1. The maximum absolute atomic E-state index is 9.00. The molecule has 0 unspecified atom stereocenters. The molecule has 0 aliphatic carbocycles. The summed E-state index contributed by atoms with van der Waals surface area (Å²) in [5.74, 6) is 0. The first-order valence-corrected chi connectivity index (χ1v) is 6.48. The van der Waals surface area contributed by atoms with Gasteiger partial charge in [0.1, 0.15) is 0 Å². The van der Waals surface area contributed by atoms with Crippen LogP contribution in [-0.2, 0) is 0 Å². The second kappa shape index (κ2) is 6.24. The smallest absolute Gasteiger partial charge is 0.0968 e. The molecule has 1 aromatic rings. The lowest BCUT2D eigenvalue weighted by Gasteiger charge is -2.05. The quantitative estimate of drug-likeness (QED) is 0.639. The van der Waals surface area contributed by atoms with E-state index in [4.69, 9.17) is 11.0 Å². The molecular weight excluding hydrogens is 216 g/mol. The zero-order valence-electron chi connectivity index (χ0n) is 9.66. The number of allylic oxidation sites excluding steroid dienone is 1. The van der Waals surface area contributed by atoms with Crippen molar-refractivity contribution in [3.05, 3.63) is 35.4 Å². The summed E-state index contributed by atoms with van der Waals surface area (Å²) in [5, 5.41) is 9.00. The van der Waals surface area contributed by atoms with E-state index in [0.29, 0.717) is 11.3 Å². The van der Waals surface area contributed by atoms with Crippen LogP contribution in [0.1, 0.15) is 25.3 Å². The van der Waals surface area contributed by atoms with Crippen LogP contribution in [0, 0.1) is 11.3 Å². The maximum Gasteiger partial charge on any atom is 0.0968 e. The second-order valence-corrected chi connectivity index (χ2v) is 4.36. The maximum atomic E-state index is 9.00. The molecule has 84 valence electrons. The lowest BCUT2D eigenvalue weighted by molar-refractivity contribution is 0.929. The Morgan fingerprint density at radius 2 is 2.00 bits per heavy atom. The average Bonchev–Trinajstić information content (AvgIpc) is 2.35. The molecule has 0 saturated carbocycles. The van der Waals surface area contributed by atoms with E-state index in [2.05, 4.69) is 6.07 Å². The molecule has 0 aliphatic heterocycles. The van der Waals surface area contributed by atoms with E-state index in [0.717, 1.165) is 18.4 Å². The predicted octanol–water partition coefficient (Wildman–Crippen LogP) is 3.40. The third-order valence-electron chi connectivity index (χ3n) is 2.36. The summed E-state index contributed by atoms with van der Waals surface area (Å²) in [6.07, 6.45) is 3.71. The Morgan fingerprint density at radius 3 is 2.44 bits per heavy atom. The molecule has 0 aromatic heterocycles. The minimum absolute atomic E-state index is 0.608. The predicted molar refractivity (Wildman–Crippen MR) is 69.9 cm³/mol. The first kappa shape index (κ1) is 12.7. The van der Waals surface area contributed by atoms with Crippen molar-refractivity contribution in [1.29, 1.82) is 5.26 Å². The van der Waals surface area contributed by atoms with Gasteiger partial charge in [0.05, 0.1) is 17.3 Å². The third kappa shape index (κ3) is 3.04. The van der Waals surface area contributed by atoms with E-state index in [1.54, 1.807) is 11.8 Å². The van der Waals surface area contributed by atoms with Crippen LogP contribution in [0.15, 0.2) is 34.7 Å². The van der Waals surface area contributed by atoms with Gasteiger partial charge in [-0.2, -0.15) is 5.26 Å². The first-order valence-electron chi connectivity index (χ1n) is 5.26. The molecule has 1 rings (SSSR count). The van der Waals surface area contributed by atoms with Gasteiger partial charge < -0.3 is 5.73 Å². The van der Waals surface area contributed by atoms with Gasteiger partial charge in [-0.05, 0) is 30.4 Å². The Morgan fingerprint density at radius 1 is 1.38 bits per heavy atom. The number of thioether (sulfide) groups is 1. The van der Waals surface area contributed by atoms with Crippen LogP contribution in [0.4, 0.5) is 0 Å². The fourth-order valence-corrected chi connectivity index (χ4v) is 1.85. The van der Waals surface area contributed by atoms with Crippen molar-refractivity contribution in [2.24, 2.45) is 5.73 Å². The normalized spacial score (nSPS) is 11.8. The highest BCUT2D eigenvalue weighted by Crippen LogP contribution is 2.20. The van der Waals surface area contributed by atoms with Crippen molar-refractivity contribution in [2.75, 3.05) is 6.26 Å². The molecule has 0 heterocycles. The molecule has 0 radical (unpaired) electrons. The SMILES string of the molecule is CCC/C(C#N)=C(/N)c1ccc(SC)cc1. The zero-order chi connectivity index (χ0) is 12.0. The Labute approximate surface area is 101 Å². The number of hydrogen-bond acceptors (Lipinski definition) is 3. The number of nitrogens with zero attached hydrogens (tertiary/aromatic N) is 1. The molecule has 0 atom stereocenters. The van der Waals surface area contributed by atoms with Gasteiger partial charge in [0.25, 0.3) is 0 Å². The largest absolute Gasteiger partial charge is 0.397 e. The van der Waals surface area contributed by atoms with Gasteiger partial charge in [0.2, 0.25) is 0 Å². The van der Waals surface area contributed by atoms with E-state index >= 15 is 0 Å². The highest BCUT2D eigenvalue weighted by molar-refractivity contribution is 7.98. The van der Waals surface area contributed by atoms with Crippen LogP contribution in [-0.4, -0.2) is 6.26 Å². The van der Waals surface area contributed by atoms with E-state index < -0.39 is 0 Å². The van der Waals surface area contributed by atoms with Crippen molar-refractivity contribution in [3.8, 4) is 6.07 Å². The minimum Gasteiger partial charge on any atom is -0.397 e. The Kier molecular flexibility index (Phi) is 4.94.